The standard InChI is InChI=1S/2C15H20N2O.C8H11N3O.C7H9N3O.C2H6/c2*1-17(13-6-4-3-5-7-13)14-9-8-12(11-16)15(10-14)18-2;1-5(2)6-3-4-7(8(9)12)11-10-6;1-2-6-9-3-5(4-10-6)7(8)11;1-2/h2*8-10,13H,3-7H2,1-2H3;3-5H,1-2H3,(H2,9,12);3-4H,2H2,1H3,(H2,8,11);1-2H3. The lowest BCUT2D eigenvalue weighted by Crippen LogP contribution is -2.33. The molecule has 328 valence electrons. The number of aryl methyl sites for hydroxylation is 1. The van der Waals surface area contributed by atoms with Crippen LogP contribution in [0.2, 0.25) is 0 Å². The van der Waals surface area contributed by atoms with Crippen molar-refractivity contribution in [3.63, 3.8) is 0 Å². The van der Waals surface area contributed by atoms with Gasteiger partial charge in [-0.05, 0) is 68.0 Å². The molecule has 2 aromatic carbocycles. The molecule has 61 heavy (non-hydrogen) atoms. The average Bonchev–Trinajstić information content (AvgIpc) is 3.32. The van der Waals surface area contributed by atoms with Gasteiger partial charge in [-0.25, -0.2) is 9.97 Å². The number of carbonyl (C=O) groups excluding carboxylic acids is 2. The highest BCUT2D eigenvalue weighted by atomic mass is 16.5. The number of nitriles is 2. The van der Waals surface area contributed by atoms with Crippen molar-refractivity contribution < 1.29 is 19.1 Å². The molecule has 14 nitrogen and oxygen atoms in total. The molecule has 2 fully saturated rings. The fourth-order valence-electron chi connectivity index (χ4n) is 6.79. The first kappa shape index (κ1) is 50.9. The zero-order chi connectivity index (χ0) is 45.3. The maximum atomic E-state index is 10.6. The van der Waals surface area contributed by atoms with Gasteiger partial charge in [0.2, 0.25) is 0 Å². The van der Waals surface area contributed by atoms with E-state index >= 15 is 0 Å². The summed E-state index contributed by atoms with van der Waals surface area (Å²) < 4.78 is 10.5. The number of benzene rings is 2. The molecule has 4 N–H and O–H groups in total. The van der Waals surface area contributed by atoms with Gasteiger partial charge in [-0.2, -0.15) is 15.6 Å². The van der Waals surface area contributed by atoms with E-state index in [2.05, 4.69) is 56.2 Å². The van der Waals surface area contributed by atoms with Crippen LogP contribution in [0, 0.1) is 22.7 Å². The number of anilines is 2. The van der Waals surface area contributed by atoms with Crippen LogP contribution in [0.4, 0.5) is 11.4 Å². The Hall–Kier alpha value is -6.28. The van der Waals surface area contributed by atoms with Crippen LogP contribution in [0.15, 0.2) is 60.9 Å². The van der Waals surface area contributed by atoms with Gasteiger partial charge in [0.15, 0.2) is 5.69 Å². The minimum Gasteiger partial charge on any atom is -0.495 e. The number of methoxy groups -OCH3 is 2. The number of carbonyl (C=O) groups is 2. The van der Waals surface area contributed by atoms with Crippen molar-refractivity contribution >= 4 is 23.2 Å². The Labute approximate surface area is 363 Å². The SMILES string of the molecule is CC.CC(C)c1ccc(C(N)=O)nn1.CCc1ncc(C(N)=O)cn1.COc1cc(N(C)C2CCCCC2)ccc1C#N.COc1cc(N(C)C2CCCCC2)ccc1C#N. The lowest BCUT2D eigenvalue weighted by molar-refractivity contribution is 0.0988. The van der Waals surface area contributed by atoms with Gasteiger partial charge >= 0.3 is 0 Å². The molecule has 6 rings (SSSR count). The third-order valence-corrected chi connectivity index (χ3v) is 10.5. The number of ether oxygens (including phenoxy) is 2. The van der Waals surface area contributed by atoms with Crippen molar-refractivity contribution in [3.8, 4) is 23.6 Å². The molecule has 14 heteroatoms. The van der Waals surface area contributed by atoms with Crippen LogP contribution in [-0.2, 0) is 6.42 Å². The first-order valence-corrected chi connectivity index (χ1v) is 21.2. The molecule has 2 aliphatic carbocycles. The number of nitrogens with zero attached hydrogens (tertiary/aromatic N) is 8. The zero-order valence-electron chi connectivity index (χ0n) is 37.6. The summed E-state index contributed by atoms with van der Waals surface area (Å²) >= 11 is 0. The fourth-order valence-corrected chi connectivity index (χ4v) is 6.79. The molecule has 0 bridgehead atoms. The third kappa shape index (κ3) is 16.4. The number of hydrogen-bond acceptors (Lipinski definition) is 12. The fraction of sp³-hybridized carbons (Fsp3) is 0.489. The summed E-state index contributed by atoms with van der Waals surface area (Å²) in [4.78, 5) is 33.6. The summed E-state index contributed by atoms with van der Waals surface area (Å²) in [6.45, 7) is 9.96. The number of hydrogen-bond donors (Lipinski definition) is 2. The largest absolute Gasteiger partial charge is 0.495 e. The van der Waals surface area contributed by atoms with Gasteiger partial charge in [0.25, 0.3) is 11.8 Å². The predicted molar refractivity (Wildman–Crippen MR) is 242 cm³/mol. The third-order valence-electron chi connectivity index (χ3n) is 10.5. The van der Waals surface area contributed by atoms with Gasteiger partial charge in [-0.1, -0.05) is 73.1 Å². The number of nitrogens with two attached hydrogens (primary N) is 2. The van der Waals surface area contributed by atoms with Crippen molar-refractivity contribution in [2.75, 3.05) is 38.1 Å². The molecule has 2 aliphatic rings. The molecular formula is C47H66N10O4. The van der Waals surface area contributed by atoms with Gasteiger partial charge in [0, 0.05) is 68.5 Å². The topological polar surface area (TPSA) is 210 Å². The Morgan fingerprint density at radius 1 is 0.721 bits per heavy atom. The monoisotopic (exact) mass is 835 g/mol. The maximum absolute atomic E-state index is 10.6. The van der Waals surface area contributed by atoms with Crippen molar-refractivity contribution in [3.05, 3.63) is 94.8 Å². The van der Waals surface area contributed by atoms with E-state index in [1.165, 1.54) is 76.6 Å². The van der Waals surface area contributed by atoms with Gasteiger partial charge in [0.1, 0.15) is 29.5 Å². The number of primary amides is 2. The molecule has 0 saturated heterocycles. The Bertz CT molecular complexity index is 1910. The Morgan fingerprint density at radius 2 is 1.16 bits per heavy atom. The van der Waals surface area contributed by atoms with E-state index in [4.69, 9.17) is 31.5 Å². The molecule has 0 unspecified atom stereocenters. The lowest BCUT2D eigenvalue weighted by Gasteiger charge is -2.33. The molecule has 0 aliphatic heterocycles. The molecule has 2 aromatic heterocycles. The normalized spacial score (nSPS) is 13.3. The minimum absolute atomic E-state index is 0.208. The first-order valence-electron chi connectivity index (χ1n) is 21.2. The van der Waals surface area contributed by atoms with Crippen LogP contribution in [0.1, 0.15) is 148 Å². The number of rotatable bonds is 10. The second-order valence-corrected chi connectivity index (χ2v) is 14.8. The van der Waals surface area contributed by atoms with Gasteiger partial charge in [0.05, 0.1) is 36.6 Å². The summed E-state index contributed by atoms with van der Waals surface area (Å²) in [5.41, 5.74) is 14.9. The van der Waals surface area contributed by atoms with Gasteiger partial charge in [-0.3, -0.25) is 9.59 Å². The average molecular weight is 835 g/mol. The van der Waals surface area contributed by atoms with Crippen molar-refractivity contribution in [1.82, 2.24) is 20.2 Å². The summed E-state index contributed by atoms with van der Waals surface area (Å²) in [6, 6.07) is 20.5. The molecule has 2 saturated carbocycles. The highest BCUT2D eigenvalue weighted by molar-refractivity contribution is 5.92. The summed E-state index contributed by atoms with van der Waals surface area (Å²) in [6.07, 6.45) is 16.7. The van der Waals surface area contributed by atoms with Crippen LogP contribution >= 0.6 is 0 Å². The quantitative estimate of drug-likeness (QED) is 0.154. The van der Waals surface area contributed by atoms with Crippen molar-refractivity contribution in [2.45, 2.75) is 123 Å². The molecule has 4 aromatic rings. The highest BCUT2D eigenvalue weighted by Gasteiger charge is 2.20. The van der Waals surface area contributed by atoms with Crippen LogP contribution in [-0.4, -0.2) is 72.4 Å². The minimum atomic E-state index is -0.544. The molecule has 0 atom stereocenters. The second kappa shape index (κ2) is 27.5. The van der Waals surface area contributed by atoms with Crippen molar-refractivity contribution in [1.29, 1.82) is 10.5 Å². The van der Waals surface area contributed by atoms with Crippen LogP contribution in [0.3, 0.4) is 0 Å². The van der Waals surface area contributed by atoms with Gasteiger partial charge < -0.3 is 30.7 Å². The van der Waals surface area contributed by atoms with Gasteiger partial charge in [-0.15, -0.1) is 5.10 Å². The lowest BCUT2D eigenvalue weighted by atomic mass is 9.94. The summed E-state index contributed by atoms with van der Waals surface area (Å²) in [5, 5.41) is 25.5. The maximum Gasteiger partial charge on any atom is 0.269 e. The van der Waals surface area contributed by atoms with E-state index in [0.717, 1.165) is 29.3 Å². The first-order chi connectivity index (χ1) is 29.4. The molecule has 0 spiro atoms. The molecule has 0 radical (unpaired) electrons. The van der Waals surface area contributed by atoms with E-state index in [1.807, 2.05) is 71.0 Å². The predicted octanol–water partition coefficient (Wildman–Crippen LogP) is 8.53. The highest BCUT2D eigenvalue weighted by Crippen LogP contribution is 2.31. The zero-order valence-corrected chi connectivity index (χ0v) is 37.6. The van der Waals surface area contributed by atoms with Crippen LogP contribution in [0.5, 0.6) is 11.5 Å². The molecule has 2 heterocycles. The van der Waals surface area contributed by atoms with E-state index in [1.54, 1.807) is 26.4 Å². The second-order valence-electron chi connectivity index (χ2n) is 14.8. The van der Waals surface area contributed by atoms with E-state index < -0.39 is 11.8 Å². The van der Waals surface area contributed by atoms with Crippen LogP contribution < -0.4 is 30.7 Å². The van der Waals surface area contributed by atoms with E-state index in [9.17, 15) is 9.59 Å². The van der Waals surface area contributed by atoms with Crippen molar-refractivity contribution in [2.24, 2.45) is 11.5 Å². The van der Waals surface area contributed by atoms with E-state index in [0.29, 0.717) is 46.2 Å². The van der Waals surface area contributed by atoms with E-state index in [-0.39, 0.29) is 5.69 Å². The smallest absolute Gasteiger partial charge is 0.269 e. The number of aromatic nitrogens is 4. The summed E-state index contributed by atoms with van der Waals surface area (Å²) in [7, 11) is 7.49. The molecular weight excluding hydrogens is 769 g/mol. The summed E-state index contributed by atoms with van der Waals surface area (Å²) in [5.74, 6) is 1.33. The Kier molecular flexibility index (Phi) is 22.9. The molecule has 2 amide bonds. The Morgan fingerprint density at radius 3 is 1.48 bits per heavy atom. The van der Waals surface area contributed by atoms with Crippen LogP contribution in [0.25, 0.3) is 0 Å². The number of amides is 2. The Balaban J connectivity index is 0.000000282.